The number of ether oxygens (including phenoxy) is 1. The van der Waals surface area contributed by atoms with Crippen molar-refractivity contribution in [3.05, 3.63) is 12.2 Å². The SMILES string of the molecule is C=C(C)C(=O)OCNC(C)(C)C. The lowest BCUT2D eigenvalue weighted by molar-refractivity contribution is -0.140. The molecule has 0 aromatic rings. The van der Waals surface area contributed by atoms with Crippen LogP contribution in [0.3, 0.4) is 0 Å². The summed E-state index contributed by atoms with van der Waals surface area (Å²) in [5.74, 6) is -0.355. The van der Waals surface area contributed by atoms with Crippen LogP contribution in [-0.4, -0.2) is 18.2 Å². The van der Waals surface area contributed by atoms with Crippen molar-refractivity contribution < 1.29 is 9.53 Å². The molecule has 3 heteroatoms. The van der Waals surface area contributed by atoms with Gasteiger partial charge in [-0.25, -0.2) is 4.79 Å². The maximum atomic E-state index is 10.9. The number of nitrogens with one attached hydrogen (secondary N) is 1. The number of hydrogen-bond acceptors (Lipinski definition) is 3. The van der Waals surface area contributed by atoms with Gasteiger partial charge in [-0.1, -0.05) is 6.58 Å². The summed E-state index contributed by atoms with van der Waals surface area (Å²) >= 11 is 0. The Balaban J connectivity index is 3.58. The van der Waals surface area contributed by atoms with E-state index in [4.69, 9.17) is 4.74 Å². The molecule has 0 spiro atoms. The third kappa shape index (κ3) is 5.92. The lowest BCUT2D eigenvalue weighted by Gasteiger charge is -2.20. The van der Waals surface area contributed by atoms with Crippen LogP contribution < -0.4 is 5.32 Å². The van der Waals surface area contributed by atoms with Gasteiger partial charge in [0.15, 0.2) is 0 Å². The van der Waals surface area contributed by atoms with Crippen molar-refractivity contribution in [3.8, 4) is 0 Å². The largest absolute Gasteiger partial charge is 0.446 e. The van der Waals surface area contributed by atoms with Gasteiger partial charge in [-0.2, -0.15) is 0 Å². The molecule has 12 heavy (non-hydrogen) atoms. The van der Waals surface area contributed by atoms with Gasteiger partial charge in [0.05, 0.1) is 0 Å². The molecule has 0 aromatic carbocycles. The predicted octanol–water partition coefficient (Wildman–Crippen LogP) is 1.45. The average Bonchev–Trinajstić information content (AvgIpc) is 1.84. The zero-order valence-electron chi connectivity index (χ0n) is 8.23. The minimum absolute atomic E-state index is 0.0324. The molecule has 0 rings (SSSR count). The maximum Gasteiger partial charge on any atom is 0.334 e. The van der Waals surface area contributed by atoms with Crippen LogP contribution in [0, 0.1) is 0 Å². The van der Waals surface area contributed by atoms with E-state index in [1.54, 1.807) is 6.92 Å². The smallest absolute Gasteiger partial charge is 0.334 e. The molecule has 0 heterocycles. The Bertz CT molecular complexity index is 179. The summed E-state index contributed by atoms with van der Waals surface area (Å²) in [6, 6.07) is 0. The van der Waals surface area contributed by atoms with Crippen molar-refractivity contribution in [1.29, 1.82) is 0 Å². The van der Waals surface area contributed by atoms with Crippen LogP contribution in [0.15, 0.2) is 12.2 Å². The predicted molar refractivity (Wildman–Crippen MR) is 48.7 cm³/mol. The van der Waals surface area contributed by atoms with Gasteiger partial charge in [0, 0.05) is 11.1 Å². The first-order valence-corrected chi connectivity index (χ1v) is 3.90. The Morgan fingerprint density at radius 1 is 1.50 bits per heavy atom. The Kier molecular flexibility index (Phi) is 3.96. The minimum Gasteiger partial charge on any atom is -0.446 e. The second-order valence-corrected chi connectivity index (χ2v) is 3.78. The number of carbonyl (C=O) groups is 1. The van der Waals surface area contributed by atoms with Gasteiger partial charge >= 0.3 is 5.97 Å². The quantitative estimate of drug-likeness (QED) is 0.397. The third-order valence-electron chi connectivity index (χ3n) is 1.15. The van der Waals surface area contributed by atoms with E-state index < -0.39 is 0 Å². The van der Waals surface area contributed by atoms with E-state index in [9.17, 15) is 4.79 Å². The highest BCUT2D eigenvalue weighted by molar-refractivity contribution is 5.86. The molecule has 70 valence electrons. The molecule has 1 N–H and O–H groups in total. The zero-order chi connectivity index (χ0) is 9.78. The van der Waals surface area contributed by atoms with Crippen LogP contribution in [0.2, 0.25) is 0 Å². The van der Waals surface area contributed by atoms with E-state index in [1.165, 1.54) is 0 Å². The average molecular weight is 171 g/mol. The molecule has 3 nitrogen and oxygen atoms in total. The van der Waals surface area contributed by atoms with Gasteiger partial charge < -0.3 is 4.74 Å². The van der Waals surface area contributed by atoms with Crippen molar-refractivity contribution in [1.82, 2.24) is 5.32 Å². The van der Waals surface area contributed by atoms with Gasteiger partial charge in [0.25, 0.3) is 0 Å². The van der Waals surface area contributed by atoms with Gasteiger partial charge in [-0.3, -0.25) is 5.32 Å². The lowest BCUT2D eigenvalue weighted by atomic mass is 10.1. The first-order valence-electron chi connectivity index (χ1n) is 3.90. The van der Waals surface area contributed by atoms with E-state index in [2.05, 4.69) is 11.9 Å². The van der Waals surface area contributed by atoms with Gasteiger partial charge in [0.1, 0.15) is 6.73 Å². The van der Waals surface area contributed by atoms with Gasteiger partial charge in [-0.05, 0) is 27.7 Å². The van der Waals surface area contributed by atoms with Crippen molar-refractivity contribution in [2.24, 2.45) is 0 Å². The maximum absolute atomic E-state index is 10.9. The molecule has 0 atom stereocenters. The van der Waals surface area contributed by atoms with Gasteiger partial charge in [-0.15, -0.1) is 0 Å². The van der Waals surface area contributed by atoms with E-state index in [1.807, 2.05) is 20.8 Å². The normalized spacial score (nSPS) is 11.0. The van der Waals surface area contributed by atoms with Crippen LogP contribution in [0.1, 0.15) is 27.7 Å². The Morgan fingerprint density at radius 2 is 2.00 bits per heavy atom. The monoisotopic (exact) mass is 171 g/mol. The van der Waals surface area contributed by atoms with E-state index >= 15 is 0 Å². The molecular weight excluding hydrogens is 154 g/mol. The van der Waals surface area contributed by atoms with Crippen molar-refractivity contribution in [2.45, 2.75) is 33.2 Å². The van der Waals surface area contributed by atoms with Gasteiger partial charge in [0.2, 0.25) is 0 Å². The molecule has 0 saturated carbocycles. The van der Waals surface area contributed by atoms with Crippen molar-refractivity contribution in [2.75, 3.05) is 6.73 Å². The van der Waals surface area contributed by atoms with Crippen molar-refractivity contribution >= 4 is 5.97 Å². The fraction of sp³-hybridized carbons (Fsp3) is 0.667. The second kappa shape index (κ2) is 4.26. The molecule has 0 aliphatic carbocycles. The highest BCUT2D eigenvalue weighted by Gasteiger charge is 2.09. The molecule has 0 bridgehead atoms. The zero-order valence-corrected chi connectivity index (χ0v) is 8.23. The van der Waals surface area contributed by atoms with E-state index in [0.29, 0.717) is 5.57 Å². The first kappa shape index (κ1) is 11.2. The number of hydrogen-bond donors (Lipinski definition) is 1. The molecule has 0 saturated heterocycles. The summed E-state index contributed by atoms with van der Waals surface area (Å²) in [4.78, 5) is 10.9. The summed E-state index contributed by atoms with van der Waals surface area (Å²) in [7, 11) is 0. The first-order chi connectivity index (χ1) is 5.33. The van der Waals surface area contributed by atoms with Crippen molar-refractivity contribution in [3.63, 3.8) is 0 Å². The minimum atomic E-state index is -0.355. The molecule has 0 unspecified atom stereocenters. The standard InChI is InChI=1S/C9H17NO2/c1-7(2)8(11)12-6-10-9(3,4)5/h10H,1,6H2,2-5H3. The summed E-state index contributed by atoms with van der Waals surface area (Å²) in [6.45, 7) is 11.3. The van der Waals surface area contributed by atoms with E-state index in [0.717, 1.165) is 0 Å². The lowest BCUT2D eigenvalue weighted by Crippen LogP contribution is -2.38. The summed E-state index contributed by atoms with van der Waals surface area (Å²) in [6.07, 6.45) is 0. The highest BCUT2D eigenvalue weighted by Crippen LogP contribution is 1.98. The second-order valence-electron chi connectivity index (χ2n) is 3.78. The summed E-state index contributed by atoms with van der Waals surface area (Å²) < 4.78 is 4.83. The molecule has 0 amide bonds. The fourth-order valence-corrected chi connectivity index (χ4v) is 0.441. The highest BCUT2D eigenvalue weighted by atomic mass is 16.5. The van der Waals surface area contributed by atoms with Crippen LogP contribution >= 0.6 is 0 Å². The van der Waals surface area contributed by atoms with Crippen LogP contribution in [0.25, 0.3) is 0 Å². The van der Waals surface area contributed by atoms with E-state index in [-0.39, 0.29) is 18.2 Å². The molecule has 0 aliphatic rings. The molecule has 0 aromatic heterocycles. The summed E-state index contributed by atoms with van der Waals surface area (Å²) in [5.41, 5.74) is 0.390. The number of esters is 1. The number of rotatable bonds is 3. The Morgan fingerprint density at radius 3 is 2.33 bits per heavy atom. The molecule has 0 aliphatic heterocycles. The fourth-order valence-electron chi connectivity index (χ4n) is 0.441. The number of carbonyl (C=O) groups excluding carboxylic acids is 1. The molecular formula is C9H17NO2. The third-order valence-corrected chi connectivity index (χ3v) is 1.15. The molecule has 0 radical (unpaired) electrons. The Labute approximate surface area is 73.8 Å². The molecule has 0 fully saturated rings. The van der Waals surface area contributed by atoms with Crippen LogP contribution in [0.4, 0.5) is 0 Å². The topological polar surface area (TPSA) is 38.3 Å². The van der Waals surface area contributed by atoms with Crippen LogP contribution in [-0.2, 0) is 9.53 Å². The Hall–Kier alpha value is -0.830. The van der Waals surface area contributed by atoms with Crippen LogP contribution in [0.5, 0.6) is 0 Å². The summed E-state index contributed by atoms with van der Waals surface area (Å²) in [5, 5.41) is 3.02.